The highest BCUT2D eigenvalue weighted by Gasteiger charge is 2.32. The lowest BCUT2D eigenvalue weighted by Gasteiger charge is -2.20. The Morgan fingerprint density at radius 1 is 1.59 bits per heavy atom. The Hall–Kier alpha value is -1.70. The summed E-state index contributed by atoms with van der Waals surface area (Å²) in [5, 5.41) is 19.0. The maximum Gasteiger partial charge on any atom is 0.323 e. The standard InChI is InChI=1S/C9H12N4O3S/c14-7(15)3-4-13(6-1-2-6)9(16)11-8-12-10-5-17-8/h5-6H,1-4H2,(H,14,15)(H,11,12,16). The molecule has 0 aromatic carbocycles. The molecule has 1 fully saturated rings. The summed E-state index contributed by atoms with van der Waals surface area (Å²) < 4.78 is 0. The van der Waals surface area contributed by atoms with E-state index < -0.39 is 5.97 Å². The van der Waals surface area contributed by atoms with Gasteiger partial charge >= 0.3 is 12.0 Å². The molecule has 0 radical (unpaired) electrons. The van der Waals surface area contributed by atoms with Gasteiger partial charge in [0, 0.05) is 12.6 Å². The average Bonchev–Trinajstić information content (AvgIpc) is 2.97. The smallest absolute Gasteiger partial charge is 0.323 e. The maximum atomic E-state index is 11.9. The second kappa shape index (κ2) is 5.09. The van der Waals surface area contributed by atoms with Crippen LogP contribution in [0.25, 0.3) is 0 Å². The van der Waals surface area contributed by atoms with Crippen LogP contribution in [0.1, 0.15) is 19.3 Å². The lowest BCUT2D eigenvalue weighted by Crippen LogP contribution is -2.38. The van der Waals surface area contributed by atoms with Crippen molar-refractivity contribution in [2.24, 2.45) is 0 Å². The Balaban J connectivity index is 1.91. The van der Waals surface area contributed by atoms with E-state index in [1.807, 2.05) is 0 Å². The number of aromatic nitrogens is 2. The van der Waals surface area contributed by atoms with Gasteiger partial charge in [-0.3, -0.25) is 10.1 Å². The normalized spacial score (nSPS) is 14.4. The van der Waals surface area contributed by atoms with Crippen LogP contribution in [-0.4, -0.2) is 44.8 Å². The Kier molecular flexibility index (Phi) is 3.52. The number of rotatable bonds is 5. The van der Waals surface area contributed by atoms with Gasteiger partial charge in [-0.1, -0.05) is 11.3 Å². The third kappa shape index (κ3) is 3.38. The van der Waals surface area contributed by atoms with Crippen LogP contribution in [0.15, 0.2) is 5.51 Å². The number of urea groups is 1. The lowest BCUT2D eigenvalue weighted by molar-refractivity contribution is -0.137. The van der Waals surface area contributed by atoms with E-state index in [1.54, 1.807) is 4.90 Å². The van der Waals surface area contributed by atoms with Gasteiger partial charge in [0.05, 0.1) is 6.42 Å². The van der Waals surface area contributed by atoms with E-state index in [0.717, 1.165) is 12.8 Å². The first-order valence-electron chi connectivity index (χ1n) is 5.22. The molecule has 92 valence electrons. The van der Waals surface area contributed by atoms with Crippen LogP contribution in [0.2, 0.25) is 0 Å². The quantitative estimate of drug-likeness (QED) is 0.819. The van der Waals surface area contributed by atoms with Crippen LogP contribution in [0, 0.1) is 0 Å². The topological polar surface area (TPSA) is 95.4 Å². The number of aliphatic carboxylic acids is 1. The second-order valence-corrected chi connectivity index (χ2v) is 4.58. The zero-order chi connectivity index (χ0) is 12.3. The molecular formula is C9H12N4O3S. The molecule has 8 heteroatoms. The largest absolute Gasteiger partial charge is 0.481 e. The molecule has 2 N–H and O–H groups in total. The van der Waals surface area contributed by atoms with Crippen LogP contribution in [-0.2, 0) is 4.79 Å². The molecule has 0 saturated heterocycles. The van der Waals surface area contributed by atoms with Crippen molar-refractivity contribution in [3.05, 3.63) is 5.51 Å². The summed E-state index contributed by atoms with van der Waals surface area (Å²) in [7, 11) is 0. The Morgan fingerprint density at radius 2 is 2.35 bits per heavy atom. The first-order chi connectivity index (χ1) is 8.16. The van der Waals surface area contributed by atoms with E-state index in [2.05, 4.69) is 15.5 Å². The number of carbonyl (C=O) groups is 2. The predicted molar refractivity (Wildman–Crippen MR) is 60.9 cm³/mol. The summed E-state index contributed by atoms with van der Waals surface area (Å²) in [6, 6.07) is -0.132. The molecule has 1 aromatic heterocycles. The molecule has 0 spiro atoms. The number of amides is 2. The Labute approximate surface area is 101 Å². The highest BCUT2D eigenvalue weighted by molar-refractivity contribution is 7.13. The maximum absolute atomic E-state index is 11.9. The van der Waals surface area contributed by atoms with Crippen molar-refractivity contribution in [1.29, 1.82) is 0 Å². The minimum atomic E-state index is -0.903. The number of hydrogen-bond donors (Lipinski definition) is 2. The summed E-state index contributed by atoms with van der Waals surface area (Å²) in [6.07, 6.45) is 1.83. The van der Waals surface area contributed by atoms with Gasteiger partial charge in [0.25, 0.3) is 0 Å². The number of carboxylic acid groups (broad SMARTS) is 1. The fourth-order valence-electron chi connectivity index (χ4n) is 1.44. The van der Waals surface area contributed by atoms with E-state index >= 15 is 0 Å². The van der Waals surface area contributed by atoms with Crippen molar-refractivity contribution in [2.75, 3.05) is 11.9 Å². The van der Waals surface area contributed by atoms with Crippen LogP contribution in [0.4, 0.5) is 9.93 Å². The first kappa shape index (κ1) is 11.8. The van der Waals surface area contributed by atoms with Crippen LogP contribution in [0.3, 0.4) is 0 Å². The van der Waals surface area contributed by atoms with E-state index in [4.69, 9.17) is 5.11 Å². The molecule has 1 aliphatic carbocycles. The molecule has 1 aromatic rings. The third-order valence-electron chi connectivity index (χ3n) is 2.39. The Morgan fingerprint density at radius 3 is 2.88 bits per heavy atom. The number of anilines is 1. The number of hydrogen-bond acceptors (Lipinski definition) is 5. The summed E-state index contributed by atoms with van der Waals surface area (Å²) in [6.45, 7) is 0.227. The second-order valence-electron chi connectivity index (χ2n) is 3.74. The van der Waals surface area contributed by atoms with Crippen LogP contribution in [0.5, 0.6) is 0 Å². The molecule has 1 aliphatic rings. The lowest BCUT2D eigenvalue weighted by atomic mass is 10.4. The molecule has 1 saturated carbocycles. The van der Waals surface area contributed by atoms with E-state index in [1.165, 1.54) is 16.8 Å². The molecule has 1 heterocycles. The Bertz CT molecular complexity index is 404. The number of nitrogens with one attached hydrogen (secondary N) is 1. The molecule has 7 nitrogen and oxygen atoms in total. The molecular weight excluding hydrogens is 244 g/mol. The molecule has 2 amide bonds. The molecule has 0 aliphatic heterocycles. The van der Waals surface area contributed by atoms with Crippen LogP contribution >= 0.6 is 11.3 Å². The van der Waals surface area contributed by atoms with Gasteiger partial charge in [-0.2, -0.15) is 0 Å². The zero-order valence-electron chi connectivity index (χ0n) is 9.00. The van der Waals surface area contributed by atoms with E-state index in [-0.39, 0.29) is 25.0 Å². The summed E-state index contributed by atoms with van der Waals surface area (Å²) in [4.78, 5) is 23.9. The summed E-state index contributed by atoms with van der Waals surface area (Å²) >= 11 is 1.23. The minimum absolute atomic E-state index is 0.0416. The van der Waals surface area contributed by atoms with E-state index in [9.17, 15) is 9.59 Å². The van der Waals surface area contributed by atoms with Gasteiger partial charge in [-0.15, -0.1) is 10.2 Å². The molecule has 2 rings (SSSR count). The summed E-state index contributed by atoms with van der Waals surface area (Å²) in [5.74, 6) is -0.903. The molecule has 0 unspecified atom stereocenters. The van der Waals surface area contributed by atoms with Gasteiger partial charge in [-0.05, 0) is 12.8 Å². The number of carboxylic acids is 1. The fraction of sp³-hybridized carbons (Fsp3) is 0.556. The monoisotopic (exact) mass is 256 g/mol. The third-order valence-corrected chi connectivity index (χ3v) is 3.00. The van der Waals surface area contributed by atoms with Gasteiger partial charge in [-0.25, -0.2) is 4.79 Å². The zero-order valence-corrected chi connectivity index (χ0v) is 9.81. The highest BCUT2D eigenvalue weighted by Crippen LogP contribution is 2.27. The minimum Gasteiger partial charge on any atom is -0.481 e. The first-order valence-corrected chi connectivity index (χ1v) is 6.10. The predicted octanol–water partition coefficient (Wildman–Crippen LogP) is 1.01. The van der Waals surface area contributed by atoms with Crippen molar-refractivity contribution in [3.63, 3.8) is 0 Å². The highest BCUT2D eigenvalue weighted by atomic mass is 32.1. The van der Waals surface area contributed by atoms with Crippen molar-refractivity contribution in [3.8, 4) is 0 Å². The van der Waals surface area contributed by atoms with Gasteiger partial charge in [0.1, 0.15) is 5.51 Å². The van der Waals surface area contributed by atoms with Gasteiger partial charge in [0.15, 0.2) is 0 Å². The van der Waals surface area contributed by atoms with Crippen LogP contribution < -0.4 is 5.32 Å². The van der Waals surface area contributed by atoms with E-state index in [0.29, 0.717) is 5.13 Å². The molecule has 17 heavy (non-hydrogen) atoms. The average molecular weight is 256 g/mol. The number of carbonyl (C=O) groups excluding carboxylic acids is 1. The van der Waals surface area contributed by atoms with Gasteiger partial charge in [0.2, 0.25) is 5.13 Å². The SMILES string of the molecule is O=C(O)CCN(C(=O)Nc1nncs1)C1CC1. The number of nitrogens with zero attached hydrogens (tertiary/aromatic N) is 3. The molecule has 0 atom stereocenters. The summed E-state index contributed by atoms with van der Waals surface area (Å²) in [5.41, 5.74) is 1.52. The fourth-order valence-corrected chi connectivity index (χ4v) is 1.88. The van der Waals surface area contributed by atoms with Crippen molar-refractivity contribution < 1.29 is 14.7 Å². The van der Waals surface area contributed by atoms with Gasteiger partial charge < -0.3 is 10.0 Å². The van der Waals surface area contributed by atoms with Crippen molar-refractivity contribution >= 4 is 28.5 Å². The van der Waals surface area contributed by atoms with Crippen molar-refractivity contribution in [2.45, 2.75) is 25.3 Å². The molecule has 0 bridgehead atoms. The van der Waals surface area contributed by atoms with Crippen molar-refractivity contribution in [1.82, 2.24) is 15.1 Å².